The first-order valence-electron chi connectivity index (χ1n) is 7.06. The summed E-state index contributed by atoms with van der Waals surface area (Å²) in [6.45, 7) is 4.48. The van der Waals surface area contributed by atoms with Gasteiger partial charge in [0.1, 0.15) is 0 Å². The van der Waals surface area contributed by atoms with Crippen LogP contribution in [0.4, 0.5) is 5.69 Å². The Bertz CT molecular complexity index is 519. The maximum absolute atomic E-state index is 12.1. The predicted octanol–water partition coefficient (Wildman–Crippen LogP) is 2.52. The van der Waals surface area contributed by atoms with Crippen LogP contribution in [0.5, 0.6) is 0 Å². The van der Waals surface area contributed by atoms with Gasteiger partial charge in [-0.3, -0.25) is 14.9 Å². The lowest BCUT2D eigenvalue weighted by Gasteiger charge is -2.27. The molecule has 6 heteroatoms. The van der Waals surface area contributed by atoms with Gasteiger partial charge in [-0.2, -0.15) is 0 Å². The first-order chi connectivity index (χ1) is 9.88. The highest BCUT2D eigenvalue weighted by molar-refractivity contribution is 5.77. The quantitative estimate of drug-likeness (QED) is 0.668. The molecule has 0 aromatic heterocycles. The van der Waals surface area contributed by atoms with Crippen molar-refractivity contribution in [3.8, 4) is 0 Å². The van der Waals surface area contributed by atoms with E-state index in [-0.39, 0.29) is 17.7 Å². The Labute approximate surface area is 123 Å². The van der Waals surface area contributed by atoms with E-state index in [9.17, 15) is 14.9 Å². The number of non-ortho nitro benzene ring substituents is 1. The molecule has 1 aliphatic heterocycles. The molecule has 1 N–H and O–H groups in total. The lowest BCUT2D eigenvalue weighted by Crippen LogP contribution is -2.42. The Hall–Kier alpha value is -1.95. The minimum Gasteiger partial charge on any atom is -0.378 e. The number of nitrogens with zero attached hydrogens (tertiary/aromatic N) is 1. The molecule has 1 aromatic rings. The van der Waals surface area contributed by atoms with Gasteiger partial charge in [-0.25, -0.2) is 0 Å². The average Bonchev–Trinajstić information content (AvgIpc) is 2.90. The van der Waals surface area contributed by atoms with Crippen LogP contribution in [0, 0.1) is 10.1 Å². The Morgan fingerprint density at radius 2 is 2.10 bits per heavy atom. The minimum absolute atomic E-state index is 0.0117. The summed E-state index contributed by atoms with van der Waals surface area (Å²) < 4.78 is 5.45. The lowest BCUT2D eigenvalue weighted by molar-refractivity contribution is -0.384. The van der Waals surface area contributed by atoms with Crippen molar-refractivity contribution in [2.45, 2.75) is 44.8 Å². The molecule has 1 amide bonds. The molecule has 6 nitrogen and oxygen atoms in total. The van der Waals surface area contributed by atoms with Crippen LogP contribution in [0.2, 0.25) is 0 Å². The molecule has 1 aliphatic rings. The van der Waals surface area contributed by atoms with E-state index in [0.29, 0.717) is 6.42 Å². The fourth-order valence-electron chi connectivity index (χ4n) is 2.48. The van der Waals surface area contributed by atoms with Gasteiger partial charge in [0.15, 0.2) is 0 Å². The fourth-order valence-corrected chi connectivity index (χ4v) is 2.48. The fraction of sp³-hybridized carbons (Fsp3) is 0.533. The number of nitro benzene ring substituents is 1. The van der Waals surface area contributed by atoms with E-state index in [1.54, 1.807) is 12.1 Å². The first kappa shape index (κ1) is 15.4. The summed E-state index contributed by atoms with van der Waals surface area (Å²) in [4.78, 5) is 22.3. The zero-order chi connectivity index (χ0) is 15.5. The van der Waals surface area contributed by atoms with Crippen molar-refractivity contribution in [3.63, 3.8) is 0 Å². The number of amides is 1. The van der Waals surface area contributed by atoms with Gasteiger partial charge in [0, 0.05) is 18.7 Å². The van der Waals surface area contributed by atoms with Crippen LogP contribution in [-0.2, 0) is 15.1 Å². The van der Waals surface area contributed by atoms with E-state index in [4.69, 9.17) is 4.74 Å². The summed E-state index contributed by atoms with van der Waals surface area (Å²) >= 11 is 0. The zero-order valence-corrected chi connectivity index (χ0v) is 12.3. The monoisotopic (exact) mass is 292 g/mol. The minimum atomic E-state index is -0.579. The molecule has 0 radical (unpaired) electrons. The molecule has 0 bridgehead atoms. The number of hydrogen-bond donors (Lipinski definition) is 1. The van der Waals surface area contributed by atoms with Gasteiger partial charge < -0.3 is 10.1 Å². The van der Waals surface area contributed by atoms with Crippen molar-refractivity contribution in [2.75, 3.05) is 6.61 Å². The molecule has 1 saturated heterocycles. The molecular weight excluding hydrogens is 272 g/mol. The summed E-state index contributed by atoms with van der Waals surface area (Å²) in [5.74, 6) is -0.0646. The second kappa shape index (κ2) is 6.22. The third-order valence-corrected chi connectivity index (χ3v) is 3.69. The Morgan fingerprint density at radius 3 is 2.62 bits per heavy atom. The Kier molecular flexibility index (Phi) is 4.57. The number of ether oxygens (including phenoxy) is 1. The van der Waals surface area contributed by atoms with Crippen LogP contribution >= 0.6 is 0 Å². The lowest BCUT2D eigenvalue weighted by atomic mass is 9.93. The standard InChI is InChI=1S/C15H20N2O4/c1-15(2,11-5-7-12(8-6-11)17(19)20)16-14(18)10-13-4-3-9-21-13/h5-8,13H,3-4,9-10H2,1-2H3,(H,16,18). The highest BCUT2D eigenvalue weighted by atomic mass is 16.6. The summed E-state index contributed by atoms with van der Waals surface area (Å²) in [5.41, 5.74) is 0.291. The number of benzene rings is 1. The zero-order valence-electron chi connectivity index (χ0n) is 12.3. The molecule has 114 valence electrons. The molecular formula is C15H20N2O4. The molecule has 1 fully saturated rings. The van der Waals surface area contributed by atoms with Gasteiger partial charge in [0.25, 0.3) is 5.69 Å². The molecule has 1 aromatic carbocycles. The predicted molar refractivity (Wildman–Crippen MR) is 77.9 cm³/mol. The van der Waals surface area contributed by atoms with E-state index < -0.39 is 10.5 Å². The molecule has 1 unspecified atom stereocenters. The smallest absolute Gasteiger partial charge is 0.269 e. The summed E-state index contributed by atoms with van der Waals surface area (Å²) in [5, 5.41) is 13.6. The van der Waals surface area contributed by atoms with Crippen molar-refractivity contribution in [2.24, 2.45) is 0 Å². The van der Waals surface area contributed by atoms with E-state index in [1.165, 1.54) is 12.1 Å². The number of hydrogen-bond acceptors (Lipinski definition) is 4. The second-order valence-corrected chi connectivity index (χ2v) is 5.82. The Morgan fingerprint density at radius 1 is 1.43 bits per heavy atom. The van der Waals surface area contributed by atoms with Gasteiger partial charge in [-0.05, 0) is 44.4 Å². The normalized spacial score (nSPS) is 18.5. The van der Waals surface area contributed by atoms with E-state index in [1.807, 2.05) is 13.8 Å². The van der Waals surface area contributed by atoms with Crippen molar-refractivity contribution < 1.29 is 14.5 Å². The van der Waals surface area contributed by atoms with Crippen LogP contribution in [0.15, 0.2) is 24.3 Å². The number of rotatable bonds is 5. The topological polar surface area (TPSA) is 81.5 Å². The van der Waals surface area contributed by atoms with Crippen molar-refractivity contribution in [1.82, 2.24) is 5.32 Å². The Balaban J connectivity index is 1.99. The molecule has 0 saturated carbocycles. The van der Waals surface area contributed by atoms with Crippen LogP contribution in [0.1, 0.15) is 38.7 Å². The highest BCUT2D eigenvalue weighted by Crippen LogP contribution is 2.23. The molecule has 2 rings (SSSR count). The van der Waals surface area contributed by atoms with E-state index in [0.717, 1.165) is 25.0 Å². The number of nitrogens with one attached hydrogen (secondary N) is 1. The second-order valence-electron chi connectivity index (χ2n) is 5.82. The van der Waals surface area contributed by atoms with Crippen LogP contribution < -0.4 is 5.32 Å². The average molecular weight is 292 g/mol. The van der Waals surface area contributed by atoms with Crippen molar-refractivity contribution in [3.05, 3.63) is 39.9 Å². The highest BCUT2D eigenvalue weighted by Gasteiger charge is 2.26. The van der Waals surface area contributed by atoms with Crippen molar-refractivity contribution >= 4 is 11.6 Å². The first-order valence-corrected chi connectivity index (χ1v) is 7.06. The summed E-state index contributed by atoms with van der Waals surface area (Å²) in [6.07, 6.45) is 2.29. The van der Waals surface area contributed by atoms with E-state index in [2.05, 4.69) is 5.32 Å². The molecule has 0 spiro atoms. The number of nitro groups is 1. The van der Waals surface area contributed by atoms with E-state index >= 15 is 0 Å². The van der Waals surface area contributed by atoms with Gasteiger partial charge in [0.2, 0.25) is 5.91 Å². The molecule has 1 heterocycles. The third kappa shape index (κ3) is 4.01. The van der Waals surface area contributed by atoms with Gasteiger partial charge in [-0.1, -0.05) is 0 Å². The maximum atomic E-state index is 12.1. The maximum Gasteiger partial charge on any atom is 0.269 e. The van der Waals surface area contributed by atoms with Gasteiger partial charge >= 0.3 is 0 Å². The van der Waals surface area contributed by atoms with Crippen LogP contribution in [0.25, 0.3) is 0 Å². The number of carbonyl (C=O) groups excluding carboxylic acids is 1. The molecule has 21 heavy (non-hydrogen) atoms. The van der Waals surface area contributed by atoms with Gasteiger partial charge in [0.05, 0.1) is 23.0 Å². The van der Waals surface area contributed by atoms with Crippen molar-refractivity contribution in [1.29, 1.82) is 0 Å². The molecule has 1 atom stereocenters. The molecule has 0 aliphatic carbocycles. The summed E-state index contributed by atoms with van der Waals surface area (Å²) in [6, 6.07) is 6.24. The third-order valence-electron chi connectivity index (χ3n) is 3.69. The van der Waals surface area contributed by atoms with Gasteiger partial charge in [-0.15, -0.1) is 0 Å². The van der Waals surface area contributed by atoms with Crippen LogP contribution in [-0.4, -0.2) is 23.5 Å². The largest absolute Gasteiger partial charge is 0.378 e. The summed E-state index contributed by atoms with van der Waals surface area (Å²) in [7, 11) is 0. The number of carbonyl (C=O) groups is 1. The van der Waals surface area contributed by atoms with Crippen LogP contribution in [0.3, 0.4) is 0 Å². The SMILES string of the molecule is CC(C)(NC(=O)CC1CCCO1)c1ccc([N+](=O)[O-])cc1.